The highest BCUT2D eigenvalue weighted by Gasteiger charge is 2.06. The lowest BCUT2D eigenvalue weighted by Gasteiger charge is -2.16. The Hall–Kier alpha value is -0.710. The molecule has 0 radical (unpaired) electrons. The maximum absolute atomic E-state index is 4.73. The van der Waals surface area contributed by atoms with Crippen LogP contribution in [0.5, 0.6) is 0 Å². The zero-order valence-electron chi connectivity index (χ0n) is 11.4. The summed E-state index contributed by atoms with van der Waals surface area (Å²) in [4.78, 5) is 7.16. The second-order valence-corrected chi connectivity index (χ2v) is 6.27. The van der Waals surface area contributed by atoms with Crippen LogP contribution in [0.2, 0.25) is 0 Å². The lowest BCUT2D eigenvalue weighted by molar-refractivity contribution is 0.308. The predicted molar refractivity (Wildman–Crippen MR) is 86.7 cm³/mol. The minimum absolute atomic E-state index is 1.04. The maximum atomic E-state index is 4.73. The van der Waals surface area contributed by atoms with Crippen molar-refractivity contribution >= 4 is 27.3 Å². The van der Waals surface area contributed by atoms with Crippen LogP contribution >= 0.6 is 27.3 Å². The van der Waals surface area contributed by atoms with Crippen molar-refractivity contribution in [1.82, 2.24) is 9.88 Å². The third kappa shape index (κ3) is 4.13. The third-order valence-corrected chi connectivity index (χ3v) is 4.61. The Labute approximate surface area is 127 Å². The van der Waals surface area contributed by atoms with E-state index in [1.807, 2.05) is 12.1 Å². The maximum Gasteiger partial charge on any atom is 0.0945 e. The molecule has 0 aliphatic heterocycles. The second-order valence-electron chi connectivity index (χ2n) is 4.41. The van der Waals surface area contributed by atoms with Crippen molar-refractivity contribution in [2.45, 2.75) is 20.3 Å². The van der Waals surface area contributed by atoms with Gasteiger partial charge in [0.2, 0.25) is 0 Å². The van der Waals surface area contributed by atoms with Gasteiger partial charge < -0.3 is 4.90 Å². The van der Waals surface area contributed by atoms with Crippen LogP contribution in [0.4, 0.5) is 0 Å². The van der Waals surface area contributed by atoms with Gasteiger partial charge in [-0.15, -0.1) is 11.3 Å². The molecular weight excluding hydrogens is 320 g/mol. The number of thiazole rings is 1. The molecule has 102 valence electrons. The van der Waals surface area contributed by atoms with E-state index in [4.69, 9.17) is 4.98 Å². The average Bonchev–Trinajstić information content (AvgIpc) is 2.89. The Morgan fingerprint density at radius 3 is 2.74 bits per heavy atom. The van der Waals surface area contributed by atoms with Gasteiger partial charge in [0, 0.05) is 28.4 Å². The molecule has 2 aromatic rings. The standard InChI is InChI=1S/C15H19BrN2S/c1-3-18(4-2)9-8-15-17-14(11-19-15)12-6-5-7-13(16)10-12/h5-7,10-11H,3-4,8-9H2,1-2H3. The van der Waals surface area contributed by atoms with Crippen molar-refractivity contribution in [3.63, 3.8) is 0 Å². The van der Waals surface area contributed by atoms with Gasteiger partial charge in [-0.3, -0.25) is 0 Å². The summed E-state index contributed by atoms with van der Waals surface area (Å²) in [6, 6.07) is 8.31. The molecule has 1 aromatic carbocycles. The summed E-state index contributed by atoms with van der Waals surface area (Å²) >= 11 is 5.26. The van der Waals surface area contributed by atoms with Crippen LogP contribution in [0.3, 0.4) is 0 Å². The van der Waals surface area contributed by atoms with Crippen molar-refractivity contribution in [3.8, 4) is 11.3 Å². The van der Waals surface area contributed by atoms with Gasteiger partial charge in [-0.2, -0.15) is 0 Å². The highest BCUT2D eigenvalue weighted by molar-refractivity contribution is 9.10. The summed E-state index contributed by atoms with van der Waals surface area (Å²) in [5.41, 5.74) is 2.26. The Kier molecular flexibility index (Phi) is 5.55. The molecule has 4 heteroatoms. The lowest BCUT2D eigenvalue weighted by atomic mass is 10.2. The first-order valence-corrected chi connectivity index (χ1v) is 8.33. The van der Waals surface area contributed by atoms with E-state index in [1.165, 1.54) is 10.6 Å². The van der Waals surface area contributed by atoms with Crippen molar-refractivity contribution < 1.29 is 0 Å². The molecular formula is C15H19BrN2S. The van der Waals surface area contributed by atoms with E-state index in [9.17, 15) is 0 Å². The average molecular weight is 339 g/mol. The topological polar surface area (TPSA) is 16.1 Å². The highest BCUT2D eigenvalue weighted by atomic mass is 79.9. The summed E-state index contributed by atoms with van der Waals surface area (Å²) in [5.74, 6) is 0. The molecule has 0 unspecified atom stereocenters. The van der Waals surface area contributed by atoms with Gasteiger partial charge in [-0.25, -0.2) is 4.98 Å². The van der Waals surface area contributed by atoms with Gasteiger partial charge in [-0.1, -0.05) is 41.9 Å². The molecule has 2 nitrogen and oxygen atoms in total. The number of aromatic nitrogens is 1. The monoisotopic (exact) mass is 338 g/mol. The Balaban J connectivity index is 2.03. The second kappa shape index (κ2) is 7.17. The third-order valence-electron chi connectivity index (χ3n) is 3.21. The van der Waals surface area contributed by atoms with Crippen LogP contribution in [-0.4, -0.2) is 29.5 Å². The minimum atomic E-state index is 1.04. The van der Waals surface area contributed by atoms with Crippen molar-refractivity contribution in [1.29, 1.82) is 0 Å². The van der Waals surface area contributed by atoms with E-state index >= 15 is 0 Å². The molecule has 0 bridgehead atoms. The molecule has 0 saturated heterocycles. The number of hydrogen-bond acceptors (Lipinski definition) is 3. The molecule has 1 heterocycles. The largest absolute Gasteiger partial charge is 0.303 e. The molecule has 0 spiro atoms. The van der Waals surface area contributed by atoms with E-state index in [0.29, 0.717) is 0 Å². The van der Waals surface area contributed by atoms with Gasteiger partial charge >= 0.3 is 0 Å². The van der Waals surface area contributed by atoms with E-state index in [1.54, 1.807) is 11.3 Å². The summed E-state index contributed by atoms with van der Waals surface area (Å²) < 4.78 is 1.10. The molecule has 0 aliphatic rings. The van der Waals surface area contributed by atoms with Crippen LogP contribution < -0.4 is 0 Å². The van der Waals surface area contributed by atoms with Gasteiger partial charge in [0.1, 0.15) is 0 Å². The van der Waals surface area contributed by atoms with E-state index in [-0.39, 0.29) is 0 Å². The van der Waals surface area contributed by atoms with Crippen LogP contribution in [0.25, 0.3) is 11.3 Å². The van der Waals surface area contributed by atoms with Crippen molar-refractivity contribution in [2.24, 2.45) is 0 Å². The molecule has 0 fully saturated rings. The summed E-state index contributed by atoms with van der Waals surface area (Å²) in [7, 11) is 0. The first-order chi connectivity index (χ1) is 9.22. The molecule has 0 amide bonds. The lowest BCUT2D eigenvalue weighted by Crippen LogP contribution is -2.25. The van der Waals surface area contributed by atoms with E-state index < -0.39 is 0 Å². The zero-order valence-corrected chi connectivity index (χ0v) is 13.8. The molecule has 0 aliphatic carbocycles. The normalized spacial score (nSPS) is 11.2. The Morgan fingerprint density at radius 1 is 1.26 bits per heavy atom. The molecule has 19 heavy (non-hydrogen) atoms. The summed E-state index contributed by atoms with van der Waals surface area (Å²) in [5, 5.41) is 3.38. The quantitative estimate of drug-likeness (QED) is 0.773. The Bertz CT molecular complexity index is 520. The smallest absolute Gasteiger partial charge is 0.0945 e. The number of benzene rings is 1. The fraction of sp³-hybridized carbons (Fsp3) is 0.400. The number of hydrogen-bond donors (Lipinski definition) is 0. The fourth-order valence-electron chi connectivity index (χ4n) is 2.00. The molecule has 0 atom stereocenters. The summed E-state index contributed by atoms with van der Waals surface area (Å²) in [6.07, 6.45) is 1.04. The number of nitrogens with zero attached hydrogens (tertiary/aromatic N) is 2. The first kappa shape index (κ1) is 14.7. The van der Waals surface area contributed by atoms with E-state index in [0.717, 1.165) is 36.2 Å². The van der Waals surface area contributed by atoms with Crippen molar-refractivity contribution in [3.05, 3.63) is 39.1 Å². The predicted octanol–water partition coefficient (Wildman–Crippen LogP) is 4.46. The fourth-order valence-corrected chi connectivity index (χ4v) is 3.20. The van der Waals surface area contributed by atoms with Gasteiger partial charge in [0.05, 0.1) is 10.7 Å². The minimum Gasteiger partial charge on any atom is -0.303 e. The first-order valence-electron chi connectivity index (χ1n) is 6.65. The molecule has 0 N–H and O–H groups in total. The number of halogens is 1. The highest BCUT2D eigenvalue weighted by Crippen LogP contribution is 2.24. The zero-order chi connectivity index (χ0) is 13.7. The van der Waals surface area contributed by atoms with Crippen LogP contribution in [-0.2, 0) is 6.42 Å². The molecule has 0 saturated carbocycles. The van der Waals surface area contributed by atoms with Crippen LogP contribution in [0, 0.1) is 0 Å². The van der Waals surface area contributed by atoms with Crippen molar-refractivity contribution in [2.75, 3.05) is 19.6 Å². The SMILES string of the molecule is CCN(CC)CCc1nc(-c2cccc(Br)c2)cs1. The van der Waals surface area contributed by atoms with Crippen LogP contribution in [0.15, 0.2) is 34.1 Å². The Morgan fingerprint density at radius 2 is 2.05 bits per heavy atom. The van der Waals surface area contributed by atoms with Gasteiger partial charge in [0.25, 0.3) is 0 Å². The summed E-state index contributed by atoms with van der Waals surface area (Å²) in [6.45, 7) is 7.73. The number of rotatable bonds is 6. The van der Waals surface area contributed by atoms with E-state index in [2.05, 4.69) is 52.2 Å². The van der Waals surface area contributed by atoms with Gasteiger partial charge in [-0.05, 0) is 25.2 Å². The molecule has 2 rings (SSSR count). The van der Waals surface area contributed by atoms with Crippen LogP contribution in [0.1, 0.15) is 18.9 Å². The number of likely N-dealkylation sites (N-methyl/N-ethyl adjacent to an activating group) is 1. The molecule has 1 aromatic heterocycles. The van der Waals surface area contributed by atoms with Gasteiger partial charge in [0.15, 0.2) is 0 Å².